The maximum absolute atomic E-state index is 13.4. The highest BCUT2D eigenvalue weighted by Crippen LogP contribution is 2.35. The molecule has 134 valence electrons. The Morgan fingerprint density at radius 2 is 1.52 bits per heavy atom. The van der Waals surface area contributed by atoms with Gasteiger partial charge in [-0.2, -0.15) is 0 Å². The summed E-state index contributed by atoms with van der Waals surface area (Å²) in [6, 6.07) is 27.4. The second kappa shape index (κ2) is 7.20. The fourth-order valence-electron chi connectivity index (χ4n) is 3.36. The first-order valence-corrected chi connectivity index (χ1v) is 9.07. The quantitative estimate of drug-likeness (QED) is 0.430. The molecule has 2 nitrogen and oxygen atoms in total. The first kappa shape index (κ1) is 17.2. The van der Waals surface area contributed by atoms with E-state index >= 15 is 0 Å². The van der Waals surface area contributed by atoms with E-state index in [0.29, 0.717) is 0 Å². The second-order valence-electron chi connectivity index (χ2n) is 6.75. The largest absolute Gasteiger partial charge is 0.366 e. The summed E-state index contributed by atoms with van der Waals surface area (Å²) in [5.74, 6) is -0.243. The molecule has 27 heavy (non-hydrogen) atoms. The zero-order valence-corrected chi connectivity index (χ0v) is 15.4. The zero-order valence-electron chi connectivity index (χ0n) is 15.4. The first-order chi connectivity index (χ1) is 13.1. The highest BCUT2D eigenvalue weighted by molar-refractivity contribution is 5.89. The van der Waals surface area contributed by atoms with Gasteiger partial charge in [-0.3, -0.25) is 0 Å². The fraction of sp³-hybridized carbons (Fsp3) is 0.125. The Bertz CT molecular complexity index is 1060. The van der Waals surface area contributed by atoms with Gasteiger partial charge in [-0.15, -0.1) is 0 Å². The van der Waals surface area contributed by atoms with Crippen LogP contribution in [0.15, 0.2) is 84.9 Å². The molecule has 0 saturated heterocycles. The standard InChI is InChI=1S/C24H21FN2/c1-17(18-8-4-3-5-9-18)27(2)23-16-20-10-6-7-11-22(20)26-24(23)19-12-14-21(25)15-13-19/h3-17H,1-2H3. The van der Waals surface area contributed by atoms with Crippen LogP contribution in [-0.4, -0.2) is 12.0 Å². The van der Waals surface area contributed by atoms with Crippen molar-refractivity contribution in [3.63, 3.8) is 0 Å². The van der Waals surface area contributed by atoms with Crippen LogP contribution < -0.4 is 4.90 Å². The van der Waals surface area contributed by atoms with Crippen LogP contribution in [0.3, 0.4) is 0 Å². The van der Waals surface area contributed by atoms with Crippen molar-refractivity contribution in [3.8, 4) is 11.3 Å². The summed E-state index contributed by atoms with van der Waals surface area (Å²) < 4.78 is 13.4. The summed E-state index contributed by atoms with van der Waals surface area (Å²) in [5, 5.41) is 1.09. The summed E-state index contributed by atoms with van der Waals surface area (Å²) in [6.07, 6.45) is 0. The van der Waals surface area contributed by atoms with Crippen molar-refractivity contribution in [2.75, 3.05) is 11.9 Å². The normalized spacial score (nSPS) is 12.1. The van der Waals surface area contributed by atoms with Gasteiger partial charge < -0.3 is 4.90 Å². The predicted octanol–water partition coefficient (Wildman–Crippen LogP) is 6.24. The van der Waals surface area contributed by atoms with Gasteiger partial charge >= 0.3 is 0 Å². The lowest BCUT2D eigenvalue weighted by Gasteiger charge is -2.29. The number of aromatic nitrogens is 1. The molecule has 0 N–H and O–H groups in total. The third-order valence-corrected chi connectivity index (χ3v) is 5.06. The second-order valence-corrected chi connectivity index (χ2v) is 6.75. The van der Waals surface area contributed by atoms with Crippen LogP contribution in [0.25, 0.3) is 22.2 Å². The number of hydrogen-bond donors (Lipinski definition) is 0. The Kier molecular flexibility index (Phi) is 4.59. The Morgan fingerprint density at radius 1 is 0.852 bits per heavy atom. The molecule has 1 unspecified atom stereocenters. The van der Waals surface area contributed by atoms with Crippen molar-refractivity contribution in [1.29, 1.82) is 0 Å². The number of para-hydroxylation sites is 1. The Labute approximate surface area is 158 Å². The van der Waals surface area contributed by atoms with Gasteiger partial charge in [0.25, 0.3) is 0 Å². The van der Waals surface area contributed by atoms with Gasteiger partial charge in [0.15, 0.2) is 0 Å². The van der Waals surface area contributed by atoms with Crippen molar-refractivity contribution < 1.29 is 4.39 Å². The number of hydrogen-bond acceptors (Lipinski definition) is 2. The molecule has 0 fully saturated rings. The van der Waals surface area contributed by atoms with Crippen molar-refractivity contribution >= 4 is 16.6 Å². The molecule has 0 bridgehead atoms. The van der Waals surface area contributed by atoms with E-state index in [-0.39, 0.29) is 11.9 Å². The lowest BCUT2D eigenvalue weighted by Crippen LogP contribution is -2.22. The van der Waals surface area contributed by atoms with Gasteiger partial charge in [0, 0.05) is 18.0 Å². The maximum atomic E-state index is 13.4. The molecule has 1 aromatic heterocycles. The van der Waals surface area contributed by atoms with E-state index in [2.05, 4.69) is 55.3 Å². The van der Waals surface area contributed by atoms with Gasteiger partial charge in [-0.05, 0) is 48.9 Å². The molecule has 3 aromatic carbocycles. The highest BCUT2D eigenvalue weighted by Gasteiger charge is 2.18. The van der Waals surface area contributed by atoms with E-state index in [9.17, 15) is 4.39 Å². The number of benzene rings is 3. The summed E-state index contributed by atoms with van der Waals surface area (Å²) in [4.78, 5) is 7.14. The SMILES string of the molecule is CC(c1ccccc1)N(C)c1cc2ccccc2nc1-c1ccc(F)cc1. The molecule has 1 atom stereocenters. The van der Waals surface area contributed by atoms with Crippen LogP contribution in [0, 0.1) is 5.82 Å². The summed E-state index contributed by atoms with van der Waals surface area (Å²) in [6.45, 7) is 2.18. The number of anilines is 1. The van der Waals surface area contributed by atoms with Crippen LogP contribution >= 0.6 is 0 Å². The first-order valence-electron chi connectivity index (χ1n) is 9.07. The molecule has 0 amide bonds. The minimum absolute atomic E-state index is 0.174. The van der Waals surface area contributed by atoms with E-state index in [1.807, 2.05) is 24.3 Å². The molecule has 0 spiro atoms. The topological polar surface area (TPSA) is 16.1 Å². The predicted molar refractivity (Wildman–Crippen MR) is 110 cm³/mol. The average Bonchev–Trinajstić information content (AvgIpc) is 2.73. The van der Waals surface area contributed by atoms with E-state index in [4.69, 9.17) is 4.98 Å². The lowest BCUT2D eigenvalue weighted by atomic mass is 10.0. The molecule has 0 saturated carbocycles. The molecule has 0 radical (unpaired) electrons. The monoisotopic (exact) mass is 356 g/mol. The molecule has 4 rings (SSSR count). The number of halogens is 1. The number of fused-ring (bicyclic) bond motifs is 1. The van der Waals surface area contributed by atoms with E-state index in [1.54, 1.807) is 12.1 Å². The number of pyridine rings is 1. The van der Waals surface area contributed by atoms with Crippen molar-refractivity contribution in [2.24, 2.45) is 0 Å². The molecule has 0 aliphatic carbocycles. The van der Waals surface area contributed by atoms with Crippen LogP contribution in [0.2, 0.25) is 0 Å². The van der Waals surface area contributed by atoms with E-state index in [1.165, 1.54) is 17.7 Å². The van der Waals surface area contributed by atoms with E-state index in [0.717, 1.165) is 27.8 Å². The van der Waals surface area contributed by atoms with Crippen molar-refractivity contribution in [3.05, 3.63) is 96.3 Å². The fourth-order valence-corrected chi connectivity index (χ4v) is 3.36. The number of rotatable bonds is 4. The third-order valence-electron chi connectivity index (χ3n) is 5.06. The summed E-state index contributed by atoms with van der Waals surface area (Å²) in [7, 11) is 2.08. The lowest BCUT2D eigenvalue weighted by molar-refractivity contribution is 0.628. The van der Waals surface area contributed by atoms with Gasteiger partial charge in [0.05, 0.1) is 22.9 Å². The zero-order chi connectivity index (χ0) is 18.8. The Balaban J connectivity index is 1.87. The Morgan fingerprint density at radius 3 is 2.26 bits per heavy atom. The summed E-state index contributed by atoms with van der Waals surface area (Å²) in [5.41, 5.74) is 4.96. The van der Waals surface area contributed by atoms with Crippen LogP contribution in [0.5, 0.6) is 0 Å². The minimum Gasteiger partial charge on any atom is -0.366 e. The van der Waals surface area contributed by atoms with Gasteiger partial charge in [-0.1, -0.05) is 48.5 Å². The molecular weight excluding hydrogens is 335 g/mol. The molecule has 0 aliphatic heterocycles. The smallest absolute Gasteiger partial charge is 0.123 e. The maximum Gasteiger partial charge on any atom is 0.123 e. The van der Waals surface area contributed by atoms with Gasteiger partial charge in [0.1, 0.15) is 5.82 Å². The Hall–Kier alpha value is -3.20. The van der Waals surface area contributed by atoms with Gasteiger partial charge in [0.2, 0.25) is 0 Å². The van der Waals surface area contributed by atoms with Crippen molar-refractivity contribution in [1.82, 2.24) is 4.98 Å². The third kappa shape index (κ3) is 3.41. The number of nitrogens with zero attached hydrogens (tertiary/aromatic N) is 2. The molecule has 1 heterocycles. The highest BCUT2D eigenvalue weighted by atomic mass is 19.1. The van der Waals surface area contributed by atoms with Crippen LogP contribution in [0.1, 0.15) is 18.5 Å². The van der Waals surface area contributed by atoms with Crippen LogP contribution in [0.4, 0.5) is 10.1 Å². The minimum atomic E-state index is -0.243. The average molecular weight is 356 g/mol. The molecular formula is C24H21FN2. The molecule has 4 aromatic rings. The summed E-state index contributed by atoms with van der Waals surface area (Å²) >= 11 is 0. The van der Waals surface area contributed by atoms with Crippen LogP contribution in [-0.2, 0) is 0 Å². The molecule has 0 aliphatic rings. The van der Waals surface area contributed by atoms with Gasteiger partial charge in [-0.25, -0.2) is 9.37 Å². The van der Waals surface area contributed by atoms with E-state index < -0.39 is 0 Å². The van der Waals surface area contributed by atoms with Crippen molar-refractivity contribution in [2.45, 2.75) is 13.0 Å². The molecule has 3 heteroatoms.